The second kappa shape index (κ2) is 4.72. The van der Waals surface area contributed by atoms with Crippen LogP contribution in [0.3, 0.4) is 0 Å². The summed E-state index contributed by atoms with van der Waals surface area (Å²) in [6, 6.07) is 7.71. The summed E-state index contributed by atoms with van der Waals surface area (Å²) in [6.07, 6.45) is 3.63. The first kappa shape index (κ1) is 13.3. The lowest BCUT2D eigenvalue weighted by Gasteiger charge is -2.34. The Kier molecular flexibility index (Phi) is 3.15. The first-order valence-corrected chi connectivity index (χ1v) is 7.45. The van der Waals surface area contributed by atoms with E-state index in [2.05, 4.69) is 12.2 Å². The number of rotatable bonds is 1. The number of amides is 1. The van der Waals surface area contributed by atoms with Crippen molar-refractivity contribution in [2.45, 2.75) is 51.0 Å². The zero-order chi connectivity index (χ0) is 14.3. The zero-order valence-electron chi connectivity index (χ0n) is 12.1. The summed E-state index contributed by atoms with van der Waals surface area (Å²) >= 11 is 0. The van der Waals surface area contributed by atoms with Crippen molar-refractivity contribution in [1.29, 1.82) is 0 Å². The Hall–Kier alpha value is -1.64. The minimum atomic E-state index is -0.607. The number of hydrogen-bond donors (Lipinski definition) is 1. The number of aryl methyl sites for hydroxylation is 1. The lowest BCUT2D eigenvalue weighted by atomic mass is 9.73. The van der Waals surface area contributed by atoms with Gasteiger partial charge in [-0.1, -0.05) is 31.2 Å². The average Bonchev–Trinajstić information content (AvgIpc) is 2.66. The summed E-state index contributed by atoms with van der Waals surface area (Å²) in [6.45, 7) is 4.18. The molecular formula is C17H21NO2. The predicted molar refractivity (Wildman–Crippen MR) is 77.4 cm³/mol. The number of benzene rings is 1. The molecule has 1 aromatic carbocycles. The summed E-state index contributed by atoms with van der Waals surface area (Å²) in [7, 11) is 0. The Bertz CT molecular complexity index is 556. The van der Waals surface area contributed by atoms with Crippen LogP contribution in [-0.2, 0) is 9.59 Å². The molecule has 3 nitrogen and oxygen atoms in total. The standard InChI is InChI=1S/C17H21NO2/c1-11-7-9-17(10-8-11)15(19)14(16(20)18-17)13-6-4-3-5-12(13)2/h3-6,11,14H,7-10H2,1-2H3,(H,18,20). The average molecular weight is 271 g/mol. The highest BCUT2D eigenvalue weighted by Gasteiger charge is 2.53. The lowest BCUT2D eigenvalue weighted by molar-refractivity contribution is -0.126. The van der Waals surface area contributed by atoms with E-state index >= 15 is 0 Å². The fourth-order valence-electron chi connectivity index (χ4n) is 3.58. The van der Waals surface area contributed by atoms with E-state index < -0.39 is 11.5 Å². The third kappa shape index (κ3) is 1.96. The number of carbonyl (C=O) groups is 2. The van der Waals surface area contributed by atoms with E-state index in [1.165, 1.54) is 0 Å². The van der Waals surface area contributed by atoms with Crippen LogP contribution in [0, 0.1) is 12.8 Å². The molecule has 1 aliphatic carbocycles. The van der Waals surface area contributed by atoms with Gasteiger partial charge in [0.1, 0.15) is 5.92 Å². The first-order chi connectivity index (χ1) is 9.53. The van der Waals surface area contributed by atoms with E-state index in [4.69, 9.17) is 0 Å². The second-order valence-corrected chi connectivity index (χ2v) is 6.41. The van der Waals surface area contributed by atoms with Crippen molar-refractivity contribution >= 4 is 11.7 Å². The van der Waals surface area contributed by atoms with Gasteiger partial charge in [0.15, 0.2) is 5.78 Å². The molecule has 1 atom stereocenters. The van der Waals surface area contributed by atoms with Gasteiger partial charge in [-0.25, -0.2) is 0 Å². The Balaban J connectivity index is 1.94. The van der Waals surface area contributed by atoms with Crippen LogP contribution in [0.5, 0.6) is 0 Å². The molecule has 3 rings (SSSR count). The molecule has 1 unspecified atom stereocenters. The smallest absolute Gasteiger partial charge is 0.235 e. The molecule has 106 valence electrons. The fourth-order valence-corrected chi connectivity index (χ4v) is 3.58. The third-order valence-corrected chi connectivity index (χ3v) is 4.99. The SMILES string of the molecule is Cc1ccccc1C1C(=O)NC2(CCC(C)CC2)C1=O. The monoisotopic (exact) mass is 271 g/mol. The molecule has 3 heteroatoms. The third-order valence-electron chi connectivity index (χ3n) is 4.99. The summed E-state index contributed by atoms with van der Waals surface area (Å²) < 4.78 is 0. The maximum Gasteiger partial charge on any atom is 0.235 e. The predicted octanol–water partition coefficient (Wildman–Crippen LogP) is 2.73. The van der Waals surface area contributed by atoms with Crippen molar-refractivity contribution in [3.8, 4) is 0 Å². The molecule has 0 radical (unpaired) electrons. The van der Waals surface area contributed by atoms with Crippen LogP contribution in [0.4, 0.5) is 0 Å². The van der Waals surface area contributed by atoms with E-state index in [1.54, 1.807) is 0 Å². The van der Waals surface area contributed by atoms with Gasteiger partial charge in [0.25, 0.3) is 0 Å². The minimum Gasteiger partial charge on any atom is -0.343 e. The van der Waals surface area contributed by atoms with Crippen molar-refractivity contribution in [1.82, 2.24) is 5.32 Å². The summed E-state index contributed by atoms with van der Waals surface area (Å²) in [5.74, 6) is 0.0231. The van der Waals surface area contributed by atoms with Crippen molar-refractivity contribution in [3.63, 3.8) is 0 Å². The molecule has 1 amide bonds. The molecule has 1 saturated carbocycles. The molecule has 1 heterocycles. The van der Waals surface area contributed by atoms with Gasteiger partial charge in [-0.15, -0.1) is 0 Å². The summed E-state index contributed by atoms with van der Waals surface area (Å²) in [5.41, 5.74) is 1.30. The Morgan fingerprint density at radius 2 is 1.80 bits per heavy atom. The van der Waals surface area contributed by atoms with Crippen molar-refractivity contribution < 1.29 is 9.59 Å². The maximum atomic E-state index is 12.9. The van der Waals surface area contributed by atoms with Crippen LogP contribution < -0.4 is 5.32 Å². The molecule has 0 aromatic heterocycles. The summed E-state index contributed by atoms with van der Waals surface area (Å²) in [4.78, 5) is 25.2. The number of ketones is 1. The van der Waals surface area contributed by atoms with Crippen LogP contribution >= 0.6 is 0 Å². The van der Waals surface area contributed by atoms with Gasteiger partial charge in [-0.2, -0.15) is 0 Å². The quantitative estimate of drug-likeness (QED) is 0.798. The maximum absolute atomic E-state index is 12.9. The van der Waals surface area contributed by atoms with Gasteiger partial charge in [-0.3, -0.25) is 9.59 Å². The Morgan fingerprint density at radius 3 is 2.45 bits per heavy atom. The van der Waals surface area contributed by atoms with E-state index in [-0.39, 0.29) is 11.7 Å². The molecule has 1 aliphatic heterocycles. The van der Waals surface area contributed by atoms with Gasteiger partial charge in [0.2, 0.25) is 5.91 Å². The fraction of sp³-hybridized carbons (Fsp3) is 0.529. The zero-order valence-corrected chi connectivity index (χ0v) is 12.1. The highest BCUT2D eigenvalue weighted by atomic mass is 16.2. The molecule has 2 fully saturated rings. The van der Waals surface area contributed by atoms with Gasteiger partial charge in [-0.05, 0) is 49.7 Å². The second-order valence-electron chi connectivity index (χ2n) is 6.41. The first-order valence-electron chi connectivity index (χ1n) is 7.45. The van der Waals surface area contributed by atoms with Gasteiger partial charge in [0, 0.05) is 0 Å². The van der Waals surface area contributed by atoms with E-state index in [1.807, 2.05) is 31.2 Å². The largest absolute Gasteiger partial charge is 0.343 e. The van der Waals surface area contributed by atoms with Gasteiger partial charge < -0.3 is 5.32 Å². The van der Waals surface area contributed by atoms with Crippen molar-refractivity contribution in [2.75, 3.05) is 0 Å². The molecule has 1 spiro atoms. The normalized spacial score (nSPS) is 33.5. The van der Waals surface area contributed by atoms with Crippen LogP contribution in [-0.4, -0.2) is 17.2 Å². The molecule has 0 bridgehead atoms. The highest BCUT2D eigenvalue weighted by molar-refractivity contribution is 6.17. The van der Waals surface area contributed by atoms with E-state index in [0.29, 0.717) is 5.92 Å². The van der Waals surface area contributed by atoms with Crippen LogP contribution in [0.15, 0.2) is 24.3 Å². The number of nitrogens with one attached hydrogen (secondary N) is 1. The topological polar surface area (TPSA) is 46.2 Å². The molecule has 2 aliphatic rings. The van der Waals surface area contributed by atoms with Crippen molar-refractivity contribution in [3.05, 3.63) is 35.4 Å². The van der Waals surface area contributed by atoms with Gasteiger partial charge in [0.05, 0.1) is 5.54 Å². The van der Waals surface area contributed by atoms with Crippen LogP contribution in [0.1, 0.15) is 49.7 Å². The Labute approximate surface area is 119 Å². The molecule has 1 aromatic rings. The highest BCUT2D eigenvalue weighted by Crippen LogP contribution is 2.41. The van der Waals surface area contributed by atoms with Crippen LogP contribution in [0.2, 0.25) is 0 Å². The number of Topliss-reactive ketones (excluding diaryl/α,β-unsaturated/α-hetero) is 1. The van der Waals surface area contributed by atoms with Crippen molar-refractivity contribution in [2.24, 2.45) is 5.92 Å². The number of hydrogen-bond acceptors (Lipinski definition) is 2. The van der Waals surface area contributed by atoms with Crippen LogP contribution in [0.25, 0.3) is 0 Å². The molecule has 1 saturated heterocycles. The molecule has 1 N–H and O–H groups in total. The Morgan fingerprint density at radius 1 is 1.15 bits per heavy atom. The number of carbonyl (C=O) groups excluding carboxylic acids is 2. The molecule has 20 heavy (non-hydrogen) atoms. The summed E-state index contributed by atoms with van der Waals surface area (Å²) in [5, 5.41) is 3.03. The molecular weight excluding hydrogens is 250 g/mol. The minimum absolute atomic E-state index is 0.0868. The lowest BCUT2D eigenvalue weighted by Crippen LogP contribution is -2.49. The van der Waals surface area contributed by atoms with E-state index in [0.717, 1.165) is 36.8 Å². The van der Waals surface area contributed by atoms with Gasteiger partial charge >= 0.3 is 0 Å². The van der Waals surface area contributed by atoms with E-state index in [9.17, 15) is 9.59 Å².